The van der Waals surface area contributed by atoms with Crippen LogP contribution >= 0.6 is 0 Å². The van der Waals surface area contributed by atoms with Crippen LogP contribution in [0.1, 0.15) is 61.7 Å². The zero-order valence-corrected chi connectivity index (χ0v) is 17.0. The van der Waals surface area contributed by atoms with Crippen LogP contribution in [-0.2, 0) is 4.79 Å². The minimum absolute atomic E-state index is 0.0406. The van der Waals surface area contributed by atoms with Gasteiger partial charge >= 0.3 is 0 Å². The summed E-state index contributed by atoms with van der Waals surface area (Å²) >= 11 is 0. The van der Waals surface area contributed by atoms with Crippen molar-refractivity contribution >= 4 is 11.8 Å². The van der Waals surface area contributed by atoms with Crippen LogP contribution in [0.5, 0.6) is 0 Å². The molecule has 1 saturated carbocycles. The van der Waals surface area contributed by atoms with Gasteiger partial charge in [-0.25, -0.2) is 0 Å². The number of carbonyl (C=O) groups excluding carboxylic acids is 2. The molecule has 0 unspecified atom stereocenters. The normalized spacial score (nSPS) is 27.1. The molecule has 2 aliphatic heterocycles. The van der Waals surface area contributed by atoms with Gasteiger partial charge in [-0.05, 0) is 44.2 Å². The highest BCUT2D eigenvalue weighted by molar-refractivity contribution is 5.94. The second-order valence-electron chi connectivity index (χ2n) is 8.70. The van der Waals surface area contributed by atoms with E-state index in [1.807, 2.05) is 4.90 Å². The standard InChI is InChI=1S/C22H32N4O3/c27-19-14-20(21(28)24-17-4-2-1-3-5-17)26(15-19)18-8-12-25(13-9-18)22(29)16-6-10-23-11-7-16/h6-7,10-11,17-20,27H,1-5,8-9,12-15H2,(H,24,28)/t19-,20+/m1/s1. The van der Waals surface area contributed by atoms with Crippen molar-refractivity contribution in [1.82, 2.24) is 20.1 Å². The molecule has 0 spiro atoms. The van der Waals surface area contributed by atoms with Crippen molar-refractivity contribution in [3.8, 4) is 0 Å². The molecule has 7 heteroatoms. The molecule has 3 aliphatic rings. The summed E-state index contributed by atoms with van der Waals surface area (Å²) < 4.78 is 0. The van der Waals surface area contributed by atoms with Gasteiger partial charge in [0.15, 0.2) is 0 Å². The first-order valence-electron chi connectivity index (χ1n) is 11.1. The lowest BCUT2D eigenvalue weighted by molar-refractivity contribution is -0.127. The molecule has 2 atom stereocenters. The highest BCUT2D eigenvalue weighted by Gasteiger charge is 2.41. The number of carbonyl (C=O) groups is 2. The number of β-amino-alcohol motifs (C(OH)–C–C–N with tert-alkyl or cyclic N) is 1. The molecular formula is C22H32N4O3. The number of nitrogens with zero attached hydrogens (tertiary/aromatic N) is 3. The molecule has 2 amide bonds. The molecule has 0 radical (unpaired) electrons. The van der Waals surface area contributed by atoms with Gasteiger partial charge in [0.05, 0.1) is 12.1 Å². The van der Waals surface area contributed by atoms with E-state index < -0.39 is 6.10 Å². The van der Waals surface area contributed by atoms with E-state index in [4.69, 9.17) is 0 Å². The van der Waals surface area contributed by atoms with E-state index in [0.717, 1.165) is 25.7 Å². The van der Waals surface area contributed by atoms with Crippen LogP contribution in [0, 0.1) is 0 Å². The van der Waals surface area contributed by atoms with Crippen LogP contribution in [0.15, 0.2) is 24.5 Å². The SMILES string of the molecule is O=C(NC1CCCCC1)[C@@H]1C[C@@H](O)CN1C1CCN(C(=O)c2ccncc2)CC1. The average Bonchev–Trinajstić information content (AvgIpc) is 3.16. The van der Waals surface area contributed by atoms with Gasteiger partial charge in [-0.3, -0.25) is 19.5 Å². The third-order valence-electron chi connectivity index (χ3n) is 6.72. The molecule has 0 bridgehead atoms. The second-order valence-corrected chi connectivity index (χ2v) is 8.70. The van der Waals surface area contributed by atoms with Crippen LogP contribution in [0.2, 0.25) is 0 Å². The predicted octanol–water partition coefficient (Wildman–Crippen LogP) is 1.57. The number of likely N-dealkylation sites (tertiary alicyclic amines) is 2. The van der Waals surface area contributed by atoms with E-state index in [9.17, 15) is 14.7 Å². The Hall–Kier alpha value is -1.99. The molecule has 2 saturated heterocycles. The van der Waals surface area contributed by atoms with Crippen molar-refractivity contribution in [2.45, 2.75) is 75.6 Å². The van der Waals surface area contributed by atoms with E-state index in [1.54, 1.807) is 24.5 Å². The first-order valence-corrected chi connectivity index (χ1v) is 11.1. The highest BCUT2D eigenvalue weighted by Crippen LogP contribution is 2.28. The zero-order valence-electron chi connectivity index (χ0n) is 17.0. The van der Waals surface area contributed by atoms with Gasteiger partial charge in [-0.1, -0.05) is 19.3 Å². The van der Waals surface area contributed by atoms with Gasteiger partial charge in [0.2, 0.25) is 5.91 Å². The number of amides is 2. The monoisotopic (exact) mass is 400 g/mol. The van der Waals surface area contributed by atoms with Crippen LogP contribution in [0.4, 0.5) is 0 Å². The lowest BCUT2D eigenvalue weighted by Gasteiger charge is -2.39. The Morgan fingerprint density at radius 2 is 1.72 bits per heavy atom. The Labute approximate surface area is 172 Å². The van der Waals surface area contributed by atoms with E-state index >= 15 is 0 Å². The Morgan fingerprint density at radius 3 is 2.41 bits per heavy atom. The summed E-state index contributed by atoms with van der Waals surface area (Å²) in [5.74, 6) is 0.114. The van der Waals surface area contributed by atoms with Crippen LogP contribution in [0.25, 0.3) is 0 Å². The number of hydrogen-bond donors (Lipinski definition) is 2. The van der Waals surface area contributed by atoms with Crippen LogP contribution in [-0.4, -0.2) is 75.6 Å². The molecule has 3 heterocycles. The molecule has 0 aromatic carbocycles. The van der Waals surface area contributed by atoms with Crippen molar-refractivity contribution < 1.29 is 14.7 Å². The van der Waals surface area contributed by atoms with E-state index in [-0.39, 0.29) is 29.9 Å². The largest absolute Gasteiger partial charge is 0.392 e. The van der Waals surface area contributed by atoms with Gasteiger partial charge in [0.1, 0.15) is 0 Å². The quantitative estimate of drug-likeness (QED) is 0.801. The molecule has 1 aliphatic carbocycles. The fourth-order valence-electron chi connectivity index (χ4n) is 5.12. The lowest BCUT2D eigenvalue weighted by Crippen LogP contribution is -2.53. The maximum absolute atomic E-state index is 12.9. The number of piperidine rings is 1. The molecule has 3 fully saturated rings. The predicted molar refractivity (Wildman–Crippen MR) is 109 cm³/mol. The second kappa shape index (κ2) is 9.22. The van der Waals surface area contributed by atoms with Crippen molar-refractivity contribution in [3.05, 3.63) is 30.1 Å². The maximum Gasteiger partial charge on any atom is 0.253 e. The Bertz CT molecular complexity index is 699. The van der Waals surface area contributed by atoms with Crippen molar-refractivity contribution in [2.75, 3.05) is 19.6 Å². The van der Waals surface area contributed by atoms with E-state index in [2.05, 4.69) is 15.2 Å². The number of pyridine rings is 1. The first kappa shape index (κ1) is 20.3. The molecule has 4 rings (SSSR count). The summed E-state index contributed by atoms with van der Waals surface area (Å²) in [5.41, 5.74) is 0.666. The molecule has 2 N–H and O–H groups in total. The van der Waals surface area contributed by atoms with Gasteiger partial charge in [0.25, 0.3) is 5.91 Å². The molecular weight excluding hydrogens is 368 g/mol. The minimum atomic E-state index is -0.450. The van der Waals surface area contributed by atoms with E-state index in [0.29, 0.717) is 31.6 Å². The molecule has 158 valence electrons. The number of rotatable bonds is 4. The molecule has 7 nitrogen and oxygen atoms in total. The van der Waals surface area contributed by atoms with Gasteiger partial charge in [-0.2, -0.15) is 0 Å². The number of aromatic nitrogens is 1. The maximum atomic E-state index is 12.9. The Kier molecular flexibility index (Phi) is 6.45. The molecule has 1 aromatic heterocycles. The fraction of sp³-hybridized carbons (Fsp3) is 0.682. The molecule has 29 heavy (non-hydrogen) atoms. The number of hydrogen-bond acceptors (Lipinski definition) is 5. The van der Waals surface area contributed by atoms with Gasteiger partial charge < -0.3 is 15.3 Å². The number of nitrogens with one attached hydrogen (secondary N) is 1. The topological polar surface area (TPSA) is 85.8 Å². The smallest absolute Gasteiger partial charge is 0.253 e. The Balaban J connectivity index is 1.33. The summed E-state index contributed by atoms with van der Waals surface area (Å²) in [6, 6.07) is 3.76. The van der Waals surface area contributed by atoms with Crippen LogP contribution < -0.4 is 5.32 Å². The van der Waals surface area contributed by atoms with Crippen molar-refractivity contribution in [3.63, 3.8) is 0 Å². The summed E-state index contributed by atoms with van der Waals surface area (Å²) in [5, 5.41) is 13.5. The third kappa shape index (κ3) is 4.78. The summed E-state index contributed by atoms with van der Waals surface area (Å²) in [7, 11) is 0. The minimum Gasteiger partial charge on any atom is -0.392 e. The molecule has 1 aromatic rings. The summed E-state index contributed by atoms with van der Waals surface area (Å²) in [6.07, 6.45) is 10.8. The Morgan fingerprint density at radius 1 is 1.03 bits per heavy atom. The van der Waals surface area contributed by atoms with Gasteiger partial charge in [0, 0.05) is 49.7 Å². The first-order chi connectivity index (χ1) is 14.1. The summed E-state index contributed by atoms with van der Waals surface area (Å²) in [6.45, 7) is 1.90. The van der Waals surface area contributed by atoms with Crippen molar-refractivity contribution in [2.24, 2.45) is 0 Å². The van der Waals surface area contributed by atoms with Gasteiger partial charge in [-0.15, -0.1) is 0 Å². The average molecular weight is 401 g/mol. The van der Waals surface area contributed by atoms with E-state index in [1.165, 1.54) is 19.3 Å². The summed E-state index contributed by atoms with van der Waals surface area (Å²) in [4.78, 5) is 33.6. The highest BCUT2D eigenvalue weighted by atomic mass is 16.3. The zero-order chi connectivity index (χ0) is 20.2. The third-order valence-corrected chi connectivity index (χ3v) is 6.72. The lowest BCUT2D eigenvalue weighted by atomic mass is 9.95. The number of aliphatic hydroxyl groups is 1. The van der Waals surface area contributed by atoms with Crippen LogP contribution in [0.3, 0.4) is 0 Å². The fourth-order valence-corrected chi connectivity index (χ4v) is 5.12. The number of aliphatic hydroxyl groups excluding tert-OH is 1. The van der Waals surface area contributed by atoms with Crippen molar-refractivity contribution in [1.29, 1.82) is 0 Å².